The van der Waals surface area contributed by atoms with Crippen LogP contribution in [0.15, 0.2) is 36.7 Å². The minimum atomic E-state index is 0.0511. The van der Waals surface area contributed by atoms with E-state index in [0.29, 0.717) is 6.54 Å². The van der Waals surface area contributed by atoms with E-state index < -0.39 is 0 Å². The van der Waals surface area contributed by atoms with E-state index in [1.54, 1.807) is 17.7 Å². The van der Waals surface area contributed by atoms with Crippen LogP contribution in [0.4, 0.5) is 5.82 Å². The normalized spacial score (nSPS) is 11.0. The van der Waals surface area contributed by atoms with E-state index >= 15 is 0 Å². The molecule has 0 spiro atoms. The Balaban J connectivity index is 1.86. The molecule has 2 heterocycles. The molecule has 0 unspecified atom stereocenters. The molecule has 0 aliphatic heterocycles. The lowest BCUT2D eigenvalue weighted by molar-refractivity contribution is 0.280. The van der Waals surface area contributed by atoms with Gasteiger partial charge in [0.1, 0.15) is 17.0 Å². The van der Waals surface area contributed by atoms with Crippen LogP contribution in [0.3, 0.4) is 0 Å². The van der Waals surface area contributed by atoms with Crippen LogP contribution in [-0.4, -0.2) is 15.1 Å². The Morgan fingerprint density at radius 1 is 1.19 bits per heavy atom. The SMILES string of the molecule is CCc1cc2c(NCc3ccccc3CO)ncnc2s1. The van der Waals surface area contributed by atoms with Gasteiger partial charge in [-0.3, -0.25) is 0 Å². The first kappa shape index (κ1) is 14.0. The van der Waals surface area contributed by atoms with Crippen LogP contribution in [0.5, 0.6) is 0 Å². The lowest BCUT2D eigenvalue weighted by Crippen LogP contribution is -2.04. The van der Waals surface area contributed by atoms with Gasteiger partial charge in [0.2, 0.25) is 0 Å². The third-order valence-corrected chi connectivity index (χ3v) is 4.65. The highest BCUT2D eigenvalue weighted by Crippen LogP contribution is 2.28. The summed E-state index contributed by atoms with van der Waals surface area (Å²) in [6, 6.07) is 10.0. The van der Waals surface area contributed by atoms with Gasteiger partial charge in [-0.05, 0) is 23.6 Å². The third kappa shape index (κ3) is 2.89. The average Bonchev–Trinajstić information content (AvgIpc) is 2.97. The van der Waals surface area contributed by atoms with E-state index in [-0.39, 0.29) is 6.61 Å². The number of rotatable bonds is 5. The Morgan fingerprint density at radius 2 is 2.00 bits per heavy atom. The van der Waals surface area contributed by atoms with Gasteiger partial charge in [-0.15, -0.1) is 11.3 Å². The van der Waals surface area contributed by atoms with Crippen LogP contribution in [0.1, 0.15) is 22.9 Å². The molecular formula is C16H17N3OS. The van der Waals surface area contributed by atoms with Crippen molar-refractivity contribution in [3.63, 3.8) is 0 Å². The summed E-state index contributed by atoms with van der Waals surface area (Å²) in [6.45, 7) is 2.83. The second-order valence-corrected chi connectivity index (χ2v) is 5.90. The number of hydrogen-bond donors (Lipinski definition) is 2. The highest BCUT2D eigenvalue weighted by molar-refractivity contribution is 7.18. The van der Waals surface area contributed by atoms with Gasteiger partial charge in [0.05, 0.1) is 12.0 Å². The quantitative estimate of drug-likeness (QED) is 0.758. The molecule has 3 aromatic rings. The molecule has 0 radical (unpaired) electrons. The van der Waals surface area contributed by atoms with Crippen molar-refractivity contribution in [2.45, 2.75) is 26.5 Å². The lowest BCUT2D eigenvalue weighted by atomic mass is 10.1. The standard InChI is InChI=1S/C16H17N3OS/c1-2-13-7-14-15(18-10-19-16(14)21-13)17-8-11-5-3-4-6-12(11)9-20/h3-7,10,20H,2,8-9H2,1H3,(H,17,18,19). The number of fused-ring (bicyclic) bond motifs is 1. The van der Waals surface area contributed by atoms with Gasteiger partial charge in [-0.2, -0.15) is 0 Å². The minimum Gasteiger partial charge on any atom is -0.392 e. The van der Waals surface area contributed by atoms with Gasteiger partial charge in [-0.25, -0.2) is 9.97 Å². The average molecular weight is 299 g/mol. The molecule has 5 heteroatoms. The van der Waals surface area contributed by atoms with E-state index in [0.717, 1.165) is 33.6 Å². The summed E-state index contributed by atoms with van der Waals surface area (Å²) in [6.07, 6.45) is 2.60. The van der Waals surface area contributed by atoms with Crippen molar-refractivity contribution >= 4 is 27.4 Å². The fourth-order valence-corrected chi connectivity index (χ4v) is 3.22. The number of aliphatic hydroxyl groups is 1. The molecule has 0 amide bonds. The van der Waals surface area contributed by atoms with E-state index in [1.807, 2.05) is 24.3 Å². The van der Waals surface area contributed by atoms with E-state index in [2.05, 4.69) is 28.3 Å². The number of anilines is 1. The molecule has 0 aliphatic carbocycles. The number of nitrogens with one attached hydrogen (secondary N) is 1. The van der Waals surface area contributed by atoms with Crippen molar-refractivity contribution in [1.29, 1.82) is 0 Å². The van der Waals surface area contributed by atoms with Gasteiger partial charge in [0.25, 0.3) is 0 Å². The summed E-state index contributed by atoms with van der Waals surface area (Å²) in [5.74, 6) is 0.851. The maximum atomic E-state index is 9.37. The molecule has 2 aromatic heterocycles. The molecule has 0 bridgehead atoms. The summed E-state index contributed by atoms with van der Waals surface area (Å²) < 4.78 is 0. The number of nitrogens with zero attached hydrogens (tertiary/aromatic N) is 2. The van der Waals surface area contributed by atoms with Crippen molar-refractivity contribution < 1.29 is 5.11 Å². The van der Waals surface area contributed by atoms with Gasteiger partial charge in [-0.1, -0.05) is 31.2 Å². The van der Waals surface area contributed by atoms with E-state index in [1.165, 1.54) is 4.88 Å². The molecular weight excluding hydrogens is 282 g/mol. The molecule has 1 aromatic carbocycles. The smallest absolute Gasteiger partial charge is 0.138 e. The minimum absolute atomic E-state index is 0.0511. The summed E-state index contributed by atoms with van der Waals surface area (Å²) in [5.41, 5.74) is 2.02. The van der Waals surface area contributed by atoms with Crippen LogP contribution >= 0.6 is 11.3 Å². The predicted molar refractivity (Wildman–Crippen MR) is 86.5 cm³/mol. The zero-order valence-electron chi connectivity index (χ0n) is 11.8. The topological polar surface area (TPSA) is 58.0 Å². The Labute approximate surface area is 127 Å². The monoisotopic (exact) mass is 299 g/mol. The lowest BCUT2D eigenvalue weighted by Gasteiger charge is -2.09. The second-order valence-electron chi connectivity index (χ2n) is 4.79. The van der Waals surface area contributed by atoms with Crippen LogP contribution in [-0.2, 0) is 19.6 Å². The van der Waals surface area contributed by atoms with Crippen LogP contribution < -0.4 is 5.32 Å². The molecule has 0 atom stereocenters. The zero-order valence-corrected chi connectivity index (χ0v) is 12.7. The maximum Gasteiger partial charge on any atom is 0.138 e. The summed E-state index contributed by atoms with van der Waals surface area (Å²) in [5, 5.41) is 13.8. The number of hydrogen-bond acceptors (Lipinski definition) is 5. The summed E-state index contributed by atoms with van der Waals surface area (Å²) >= 11 is 1.71. The first-order valence-electron chi connectivity index (χ1n) is 6.96. The Bertz CT molecular complexity index is 754. The second kappa shape index (κ2) is 6.20. The molecule has 0 saturated carbocycles. The molecule has 2 N–H and O–H groups in total. The molecule has 21 heavy (non-hydrogen) atoms. The molecule has 0 aliphatic rings. The fourth-order valence-electron chi connectivity index (χ4n) is 2.28. The van der Waals surface area contributed by atoms with Gasteiger partial charge < -0.3 is 10.4 Å². The van der Waals surface area contributed by atoms with E-state index in [4.69, 9.17) is 0 Å². The first-order valence-corrected chi connectivity index (χ1v) is 7.78. The first-order chi connectivity index (χ1) is 10.3. The number of thiophene rings is 1. The largest absolute Gasteiger partial charge is 0.392 e. The van der Waals surface area contributed by atoms with Crippen LogP contribution in [0, 0.1) is 0 Å². The predicted octanol–water partition coefficient (Wildman–Crippen LogP) is 3.36. The molecule has 0 saturated heterocycles. The Hall–Kier alpha value is -1.98. The van der Waals surface area contributed by atoms with Crippen molar-refractivity contribution in [2.24, 2.45) is 0 Å². The van der Waals surface area contributed by atoms with Gasteiger partial charge in [0.15, 0.2) is 0 Å². The Morgan fingerprint density at radius 3 is 2.76 bits per heavy atom. The highest BCUT2D eigenvalue weighted by atomic mass is 32.1. The highest BCUT2D eigenvalue weighted by Gasteiger charge is 2.08. The zero-order chi connectivity index (χ0) is 14.7. The van der Waals surface area contributed by atoms with Crippen molar-refractivity contribution in [3.8, 4) is 0 Å². The van der Waals surface area contributed by atoms with Crippen molar-refractivity contribution in [2.75, 3.05) is 5.32 Å². The molecule has 0 fully saturated rings. The Kier molecular flexibility index (Phi) is 4.13. The molecule has 4 nitrogen and oxygen atoms in total. The van der Waals surface area contributed by atoms with Crippen molar-refractivity contribution in [1.82, 2.24) is 9.97 Å². The number of aromatic nitrogens is 2. The third-order valence-electron chi connectivity index (χ3n) is 3.46. The van der Waals surface area contributed by atoms with Crippen LogP contribution in [0.2, 0.25) is 0 Å². The number of aliphatic hydroxyl groups excluding tert-OH is 1. The van der Waals surface area contributed by atoms with Crippen molar-refractivity contribution in [3.05, 3.63) is 52.7 Å². The van der Waals surface area contributed by atoms with Crippen LogP contribution in [0.25, 0.3) is 10.2 Å². The summed E-state index contributed by atoms with van der Waals surface area (Å²) in [4.78, 5) is 11.0. The number of benzene rings is 1. The fraction of sp³-hybridized carbons (Fsp3) is 0.250. The summed E-state index contributed by atoms with van der Waals surface area (Å²) in [7, 11) is 0. The van der Waals surface area contributed by atoms with Gasteiger partial charge in [0, 0.05) is 11.4 Å². The van der Waals surface area contributed by atoms with Gasteiger partial charge >= 0.3 is 0 Å². The van der Waals surface area contributed by atoms with E-state index in [9.17, 15) is 5.11 Å². The molecule has 3 rings (SSSR count). The molecule has 108 valence electrons. The number of aryl methyl sites for hydroxylation is 1. The maximum absolute atomic E-state index is 9.37.